The minimum Gasteiger partial charge on any atom is -0.381 e. The molecule has 1 saturated heterocycles. The summed E-state index contributed by atoms with van der Waals surface area (Å²) in [6.45, 7) is 2.34. The van der Waals surface area contributed by atoms with Crippen molar-refractivity contribution in [3.63, 3.8) is 0 Å². The van der Waals surface area contributed by atoms with Crippen molar-refractivity contribution in [2.75, 3.05) is 19.8 Å². The number of benzene rings is 2. The number of hydrogen-bond acceptors (Lipinski definition) is 2. The average Bonchev–Trinajstić information content (AvgIpc) is 2.67. The highest BCUT2D eigenvalue weighted by Gasteiger charge is 2.34. The summed E-state index contributed by atoms with van der Waals surface area (Å²) in [5, 5.41) is 5.82. The summed E-state index contributed by atoms with van der Waals surface area (Å²) in [4.78, 5) is 12.2. The molecule has 1 aliphatic heterocycles. The van der Waals surface area contributed by atoms with Crippen LogP contribution in [0, 0.1) is 5.82 Å². The normalized spacial score (nSPS) is 16.2. The lowest BCUT2D eigenvalue weighted by molar-refractivity contribution is 0.0507. The fraction of sp³-hybridized carbons (Fsp3) is 0.350. The van der Waals surface area contributed by atoms with E-state index in [1.165, 1.54) is 17.7 Å². The Labute approximate surface area is 147 Å². The van der Waals surface area contributed by atoms with Gasteiger partial charge in [0.25, 0.3) is 0 Å². The number of amides is 2. The van der Waals surface area contributed by atoms with Crippen molar-refractivity contribution in [1.82, 2.24) is 10.6 Å². The zero-order chi connectivity index (χ0) is 17.5. The third kappa shape index (κ3) is 4.57. The molecular formula is C20H23FN2O2. The maximum Gasteiger partial charge on any atom is 0.315 e. The van der Waals surface area contributed by atoms with E-state index in [1.807, 2.05) is 18.2 Å². The Hall–Kier alpha value is -2.40. The van der Waals surface area contributed by atoms with Crippen LogP contribution in [0.4, 0.5) is 9.18 Å². The summed E-state index contributed by atoms with van der Waals surface area (Å²) >= 11 is 0. The molecule has 1 heterocycles. The van der Waals surface area contributed by atoms with Crippen LogP contribution >= 0.6 is 0 Å². The predicted octanol–water partition coefficient (Wildman–Crippen LogP) is 3.37. The number of carbonyl (C=O) groups excluding carboxylic acids is 1. The highest BCUT2D eigenvalue weighted by molar-refractivity contribution is 5.74. The van der Waals surface area contributed by atoms with E-state index < -0.39 is 0 Å². The molecule has 2 aromatic carbocycles. The fourth-order valence-electron chi connectivity index (χ4n) is 3.22. The Bertz CT molecular complexity index is 683. The molecule has 132 valence electrons. The van der Waals surface area contributed by atoms with Crippen molar-refractivity contribution in [3.8, 4) is 0 Å². The summed E-state index contributed by atoms with van der Waals surface area (Å²) in [5.41, 5.74) is 2.00. The molecule has 0 saturated carbocycles. The molecule has 5 heteroatoms. The van der Waals surface area contributed by atoms with Gasteiger partial charge in [-0.1, -0.05) is 42.5 Å². The molecule has 3 rings (SSSR count). The van der Waals surface area contributed by atoms with Crippen LogP contribution in [0.3, 0.4) is 0 Å². The molecular weight excluding hydrogens is 319 g/mol. The minimum atomic E-state index is -0.280. The Balaban J connectivity index is 1.57. The molecule has 4 nitrogen and oxygen atoms in total. The van der Waals surface area contributed by atoms with Crippen molar-refractivity contribution in [1.29, 1.82) is 0 Å². The lowest BCUT2D eigenvalue weighted by Crippen LogP contribution is -2.47. The summed E-state index contributed by atoms with van der Waals surface area (Å²) in [6.07, 6.45) is 1.77. The maximum atomic E-state index is 12.9. The standard InChI is InChI=1S/C20H23FN2O2/c21-18-8-6-16(7-9-18)14-22-19(24)23-15-20(10-12-25-13-11-20)17-4-2-1-3-5-17/h1-9H,10-15H2,(H2,22,23,24). The van der Waals surface area contributed by atoms with E-state index in [1.54, 1.807) is 12.1 Å². The van der Waals surface area contributed by atoms with Gasteiger partial charge in [0, 0.05) is 31.7 Å². The fourth-order valence-corrected chi connectivity index (χ4v) is 3.22. The molecule has 0 spiro atoms. The molecule has 2 aromatic rings. The first-order chi connectivity index (χ1) is 12.2. The molecule has 2 N–H and O–H groups in total. The minimum absolute atomic E-state index is 0.0906. The second-order valence-corrected chi connectivity index (χ2v) is 6.42. The van der Waals surface area contributed by atoms with E-state index in [-0.39, 0.29) is 17.3 Å². The quantitative estimate of drug-likeness (QED) is 0.875. The third-order valence-electron chi connectivity index (χ3n) is 4.79. The van der Waals surface area contributed by atoms with Gasteiger partial charge in [0.2, 0.25) is 0 Å². The highest BCUT2D eigenvalue weighted by atomic mass is 19.1. The SMILES string of the molecule is O=C(NCc1ccc(F)cc1)NCC1(c2ccccc2)CCOCC1. The molecule has 0 bridgehead atoms. The van der Waals surface area contributed by atoms with Crippen LogP contribution in [0.1, 0.15) is 24.0 Å². The van der Waals surface area contributed by atoms with Crippen molar-refractivity contribution in [2.24, 2.45) is 0 Å². The lowest BCUT2D eigenvalue weighted by atomic mass is 9.74. The average molecular weight is 342 g/mol. The first kappa shape index (κ1) is 17.4. The van der Waals surface area contributed by atoms with E-state index in [2.05, 4.69) is 22.8 Å². The Kier molecular flexibility index (Phi) is 5.66. The van der Waals surface area contributed by atoms with Crippen LogP contribution in [-0.2, 0) is 16.7 Å². The van der Waals surface area contributed by atoms with Crippen LogP contribution in [-0.4, -0.2) is 25.8 Å². The van der Waals surface area contributed by atoms with Crippen LogP contribution < -0.4 is 10.6 Å². The van der Waals surface area contributed by atoms with Gasteiger partial charge in [0.05, 0.1) is 0 Å². The van der Waals surface area contributed by atoms with E-state index in [0.717, 1.165) is 18.4 Å². The van der Waals surface area contributed by atoms with Crippen LogP contribution in [0.2, 0.25) is 0 Å². The molecule has 0 unspecified atom stereocenters. The summed E-state index contributed by atoms with van der Waals surface area (Å²) in [6, 6.07) is 16.2. The van der Waals surface area contributed by atoms with Crippen LogP contribution in [0.25, 0.3) is 0 Å². The van der Waals surface area contributed by atoms with Gasteiger partial charge in [0.1, 0.15) is 5.82 Å². The smallest absolute Gasteiger partial charge is 0.315 e. The molecule has 0 aromatic heterocycles. The van der Waals surface area contributed by atoms with Gasteiger partial charge in [0.15, 0.2) is 0 Å². The third-order valence-corrected chi connectivity index (χ3v) is 4.79. The van der Waals surface area contributed by atoms with Crippen molar-refractivity contribution < 1.29 is 13.9 Å². The molecule has 1 fully saturated rings. The Morgan fingerprint density at radius 3 is 2.36 bits per heavy atom. The number of rotatable bonds is 5. The second kappa shape index (κ2) is 8.12. The van der Waals surface area contributed by atoms with Crippen molar-refractivity contribution in [3.05, 3.63) is 71.5 Å². The van der Waals surface area contributed by atoms with Gasteiger partial charge in [-0.15, -0.1) is 0 Å². The first-order valence-corrected chi connectivity index (χ1v) is 8.57. The van der Waals surface area contributed by atoms with Gasteiger partial charge in [-0.25, -0.2) is 9.18 Å². The molecule has 25 heavy (non-hydrogen) atoms. The summed E-state index contributed by atoms with van der Waals surface area (Å²) in [7, 11) is 0. The van der Waals surface area contributed by atoms with E-state index in [4.69, 9.17) is 4.74 Å². The maximum absolute atomic E-state index is 12.9. The van der Waals surface area contributed by atoms with Gasteiger partial charge in [-0.3, -0.25) is 0 Å². The van der Waals surface area contributed by atoms with Crippen molar-refractivity contribution >= 4 is 6.03 Å². The van der Waals surface area contributed by atoms with E-state index >= 15 is 0 Å². The second-order valence-electron chi connectivity index (χ2n) is 6.42. The number of urea groups is 1. The molecule has 2 amide bonds. The molecule has 1 aliphatic rings. The van der Waals surface area contributed by atoms with Gasteiger partial charge in [-0.05, 0) is 36.1 Å². The number of nitrogens with one attached hydrogen (secondary N) is 2. The largest absolute Gasteiger partial charge is 0.381 e. The topological polar surface area (TPSA) is 50.4 Å². The van der Waals surface area contributed by atoms with E-state index in [9.17, 15) is 9.18 Å². The number of hydrogen-bond donors (Lipinski definition) is 2. The Morgan fingerprint density at radius 1 is 1.00 bits per heavy atom. The number of ether oxygens (including phenoxy) is 1. The molecule has 0 radical (unpaired) electrons. The molecule has 0 aliphatic carbocycles. The van der Waals surface area contributed by atoms with E-state index in [0.29, 0.717) is 26.3 Å². The van der Waals surface area contributed by atoms with Gasteiger partial charge < -0.3 is 15.4 Å². The number of carbonyl (C=O) groups is 1. The zero-order valence-electron chi connectivity index (χ0n) is 14.1. The summed E-state index contributed by atoms with van der Waals surface area (Å²) < 4.78 is 18.4. The number of halogens is 1. The van der Waals surface area contributed by atoms with Crippen LogP contribution in [0.5, 0.6) is 0 Å². The Morgan fingerprint density at radius 2 is 1.68 bits per heavy atom. The predicted molar refractivity (Wildman–Crippen MR) is 94.8 cm³/mol. The summed E-state index contributed by atoms with van der Waals surface area (Å²) in [5.74, 6) is -0.280. The van der Waals surface area contributed by atoms with Gasteiger partial charge in [-0.2, -0.15) is 0 Å². The van der Waals surface area contributed by atoms with Crippen molar-refractivity contribution in [2.45, 2.75) is 24.8 Å². The monoisotopic (exact) mass is 342 g/mol. The highest BCUT2D eigenvalue weighted by Crippen LogP contribution is 2.34. The first-order valence-electron chi connectivity index (χ1n) is 8.57. The lowest BCUT2D eigenvalue weighted by Gasteiger charge is -2.38. The zero-order valence-corrected chi connectivity index (χ0v) is 14.1. The molecule has 0 atom stereocenters. The van der Waals surface area contributed by atoms with Crippen LogP contribution in [0.15, 0.2) is 54.6 Å². The van der Waals surface area contributed by atoms with Gasteiger partial charge >= 0.3 is 6.03 Å².